The van der Waals surface area contributed by atoms with Crippen molar-refractivity contribution < 1.29 is 13.2 Å². The van der Waals surface area contributed by atoms with Gasteiger partial charge in [-0.15, -0.1) is 0 Å². The van der Waals surface area contributed by atoms with Gasteiger partial charge in [0.15, 0.2) is 0 Å². The zero-order chi connectivity index (χ0) is 13.3. The zero-order valence-electron chi connectivity index (χ0n) is 10.9. The molecule has 0 aromatic carbocycles. The van der Waals surface area contributed by atoms with Crippen LogP contribution in [0.1, 0.15) is 46.0 Å². The summed E-state index contributed by atoms with van der Waals surface area (Å²) < 4.78 is 22.4. The second kappa shape index (κ2) is 8.64. The molecular formula is C12H25NO3S. The fourth-order valence-corrected chi connectivity index (χ4v) is 2.47. The van der Waals surface area contributed by atoms with E-state index in [-0.39, 0.29) is 17.3 Å². The first kappa shape index (κ1) is 16.6. The van der Waals surface area contributed by atoms with Crippen LogP contribution in [0.3, 0.4) is 0 Å². The molecular weight excluding hydrogens is 238 g/mol. The third-order valence-corrected chi connectivity index (χ3v) is 4.72. The minimum atomic E-state index is -2.92. The van der Waals surface area contributed by atoms with Crippen LogP contribution in [0, 0.1) is 5.92 Å². The Morgan fingerprint density at radius 1 is 1.24 bits per heavy atom. The van der Waals surface area contributed by atoms with Crippen molar-refractivity contribution in [3.8, 4) is 0 Å². The number of hydrogen-bond donors (Lipinski definition) is 1. The number of carbonyl (C=O) groups excluding carboxylic acids is 1. The van der Waals surface area contributed by atoms with Crippen LogP contribution in [0.15, 0.2) is 0 Å². The molecule has 0 aliphatic heterocycles. The van der Waals surface area contributed by atoms with E-state index >= 15 is 0 Å². The highest BCUT2D eigenvalue weighted by atomic mass is 32.2. The van der Waals surface area contributed by atoms with E-state index in [1.807, 2.05) is 0 Å². The fraction of sp³-hybridized carbons (Fsp3) is 0.917. The molecule has 0 aliphatic rings. The Morgan fingerprint density at radius 2 is 1.88 bits per heavy atom. The highest BCUT2D eigenvalue weighted by Gasteiger charge is 2.10. The van der Waals surface area contributed by atoms with Gasteiger partial charge in [-0.3, -0.25) is 4.79 Å². The summed E-state index contributed by atoms with van der Waals surface area (Å²) in [4.78, 5) is 11.5. The number of nitrogens with two attached hydrogens (primary N) is 1. The van der Waals surface area contributed by atoms with Crippen molar-refractivity contribution in [2.45, 2.75) is 46.0 Å². The lowest BCUT2D eigenvalue weighted by atomic mass is 9.99. The molecule has 0 fully saturated rings. The van der Waals surface area contributed by atoms with E-state index in [2.05, 4.69) is 6.92 Å². The standard InChI is InChI=1S/C12H25NO3S/c1-3-17(15,16)10-4-5-12(14)7-6-11(2)8-9-13/h11H,3-10,13H2,1-2H3. The smallest absolute Gasteiger partial charge is 0.150 e. The molecule has 0 rings (SSSR count). The Morgan fingerprint density at radius 3 is 2.41 bits per heavy atom. The Kier molecular flexibility index (Phi) is 8.43. The van der Waals surface area contributed by atoms with Crippen LogP contribution in [-0.4, -0.2) is 32.3 Å². The molecule has 102 valence electrons. The van der Waals surface area contributed by atoms with Crippen LogP contribution < -0.4 is 5.73 Å². The molecule has 17 heavy (non-hydrogen) atoms. The van der Waals surface area contributed by atoms with Crippen LogP contribution in [0.25, 0.3) is 0 Å². The SMILES string of the molecule is CCS(=O)(=O)CCCC(=O)CCC(C)CCN. The highest BCUT2D eigenvalue weighted by molar-refractivity contribution is 7.91. The van der Waals surface area contributed by atoms with E-state index in [9.17, 15) is 13.2 Å². The van der Waals surface area contributed by atoms with Gasteiger partial charge in [-0.2, -0.15) is 0 Å². The number of Topliss-reactive ketones (excluding diaryl/α,β-unsaturated/α-hetero) is 1. The van der Waals surface area contributed by atoms with Gasteiger partial charge in [0.2, 0.25) is 0 Å². The maximum Gasteiger partial charge on any atom is 0.150 e. The van der Waals surface area contributed by atoms with E-state index in [0.717, 1.165) is 12.8 Å². The largest absolute Gasteiger partial charge is 0.330 e. The van der Waals surface area contributed by atoms with Gasteiger partial charge >= 0.3 is 0 Å². The van der Waals surface area contributed by atoms with Crippen LogP contribution in [0.5, 0.6) is 0 Å². The van der Waals surface area contributed by atoms with E-state index < -0.39 is 9.84 Å². The lowest BCUT2D eigenvalue weighted by Crippen LogP contribution is -2.11. The summed E-state index contributed by atoms with van der Waals surface area (Å²) in [6.07, 6.45) is 3.19. The lowest BCUT2D eigenvalue weighted by Gasteiger charge is -2.08. The summed E-state index contributed by atoms with van der Waals surface area (Å²) in [5.41, 5.74) is 5.43. The second-order valence-corrected chi connectivity index (χ2v) is 7.07. The molecule has 1 unspecified atom stereocenters. The topological polar surface area (TPSA) is 77.2 Å². The summed E-state index contributed by atoms with van der Waals surface area (Å²) >= 11 is 0. The first-order valence-corrected chi connectivity index (χ1v) is 8.15. The van der Waals surface area contributed by atoms with Gasteiger partial charge in [-0.1, -0.05) is 13.8 Å². The van der Waals surface area contributed by atoms with Gasteiger partial charge in [0.25, 0.3) is 0 Å². The molecule has 0 amide bonds. The quantitative estimate of drug-likeness (QED) is 0.648. The van der Waals surface area contributed by atoms with Crippen molar-refractivity contribution in [3.63, 3.8) is 0 Å². The van der Waals surface area contributed by atoms with Gasteiger partial charge in [0.1, 0.15) is 15.6 Å². The minimum Gasteiger partial charge on any atom is -0.330 e. The summed E-state index contributed by atoms with van der Waals surface area (Å²) in [7, 11) is -2.92. The molecule has 0 aromatic rings. The summed E-state index contributed by atoms with van der Waals surface area (Å²) in [6, 6.07) is 0. The molecule has 5 heteroatoms. The Labute approximate surface area is 105 Å². The Balaban J connectivity index is 3.67. The first-order valence-electron chi connectivity index (χ1n) is 6.33. The molecule has 0 saturated carbocycles. The third kappa shape index (κ3) is 9.30. The maximum atomic E-state index is 11.5. The highest BCUT2D eigenvalue weighted by Crippen LogP contribution is 2.11. The average Bonchev–Trinajstić information content (AvgIpc) is 2.26. The lowest BCUT2D eigenvalue weighted by molar-refractivity contribution is -0.119. The van der Waals surface area contributed by atoms with E-state index in [1.54, 1.807) is 6.92 Å². The molecule has 2 N–H and O–H groups in total. The fourth-order valence-electron chi connectivity index (χ4n) is 1.59. The average molecular weight is 263 g/mol. The van der Waals surface area contributed by atoms with Gasteiger partial charge in [0.05, 0.1) is 5.75 Å². The molecule has 0 bridgehead atoms. The normalized spacial score (nSPS) is 13.6. The van der Waals surface area contributed by atoms with Crippen LogP contribution in [0.4, 0.5) is 0 Å². The molecule has 0 heterocycles. The number of carbonyl (C=O) groups is 1. The van der Waals surface area contributed by atoms with Crippen LogP contribution in [0.2, 0.25) is 0 Å². The van der Waals surface area contributed by atoms with Crippen molar-refractivity contribution in [3.05, 3.63) is 0 Å². The molecule has 0 aliphatic carbocycles. The van der Waals surface area contributed by atoms with E-state index in [4.69, 9.17) is 5.73 Å². The first-order chi connectivity index (χ1) is 7.91. The minimum absolute atomic E-state index is 0.133. The van der Waals surface area contributed by atoms with Crippen LogP contribution in [-0.2, 0) is 14.6 Å². The molecule has 0 aromatic heterocycles. The molecule has 4 nitrogen and oxygen atoms in total. The molecule has 0 saturated heterocycles. The Hall–Kier alpha value is -0.420. The van der Waals surface area contributed by atoms with Crippen molar-refractivity contribution in [2.24, 2.45) is 11.7 Å². The molecule has 0 spiro atoms. The van der Waals surface area contributed by atoms with Crippen molar-refractivity contribution >= 4 is 15.6 Å². The van der Waals surface area contributed by atoms with E-state index in [0.29, 0.717) is 31.7 Å². The van der Waals surface area contributed by atoms with E-state index in [1.165, 1.54) is 0 Å². The zero-order valence-corrected chi connectivity index (χ0v) is 11.8. The second-order valence-electron chi connectivity index (χ2n) is 4.60. The number of hydrogen-bond acceptors (Lipinski definition) is 4. The molecule has 0 radical (unpaired) electrons. The summed E-state index contributed by atoms with van der Waals surface area (Å²) in [5.74, 6) is 0.936. The van der Waals surface area contributed by atoms with Crippen molar-refractivity contribution in [1.82, 2.24) is 0 Å². The van der Waals surface area contributed by atoms with Crippen LogP contribution >= 0.6 is 0 Å². The summed E-state index contributed by atoms with van der Waals surface area (Å²) in [6.45, 7) is 4.37. The number of rotatable bonds is 10. The predicted molar refractivity (Wildman–Crippen MR) is 70.6 cm³/mol. The van der Waals surface area contributed by atoms with Gasteiger partial charge in [0, 0.05) is 18.6 Å². The summed E-state index contributed by atoms with van der Waals surface area (Å²) in [5, 5.41) is 0. The Bertz CT molecular complexity index is 312. The third-order valence-electron chi connectivity index (χ3n) is 2.93. The van der Waals surface area contributed by atoms with Gasteiger partial charge in [-0.05, 0) is 31.7 Å². The number of ketones is 1. The monoisotopic (exact) mass is 263 g/mol. The van der Waals surface area contributed by atoms with Gasteiger partial charge in [-0.25, -0.2) is 8.42 Å². The maximum absolute atomic E-state index is 11.5. The predicted octanol–water partition coefficient (Wildman–Crippen LogP) is 1.54. The number of sulfone groups is 1. The molecule has 1 atom stereocenters. The van der Waals surface area contributed by atoms with Crippen molar-refractivity contribution in [1.29, 1.82) is 0 Å². The van der Waals surface area contributed by atoms with Gasteiger partial charge < -0.3 is 5.73 Å². The van der Waals surface area contributed by atoms with Crippen molar-refractivity contribution in [2.75, 3.05) is 18.1 Å².